The second-order valence-electron chi connectivity index (χ2n) is 4.75. The number of imidazole rings is 1. The van der Waals surface area contributed by atoms with Gasteiger partial charge in [-0.25, -0.2) is 15.0 Å². The molecule has 4 rings (SSSR count). The number of rotatable bonds is 1. The van der Waals surface area contributed by atoms with Crippen molar-refractivity contribution in [3.63, 3.8) is 0 Å². The summed E-state index contributed by atoms with van der Waals surface area (Å²) in [7, 11) is 0. The van der Waals surface area contributed by atoms with Crippen LogP contribution < -0.4 is 5.32 Å². The minimum Gasteiger partial charge on any atom is -0.385 e. The third-order valence-corrected chi connectivity index (χ3v) is 3.48. The summed E-state index contributed by atoms with van der Waals surface area (Å²) in [5.74, 6) is 0.851. The van der Waals surface area contributed by atoms with Crippen LogP contribution in [0.4, 0.5) is 5.69 Å². The Kier molecular flexibility index (Phi) is 2.24. The van der Waals surface area contributed by atoms with Gasteiger partial charge < -0.3 is 10.3 Å². The van der Waals surface area contributed by atoms with Gasteiger partial charge in [-0.2, -0.15) is 0 Å². The zero-order valence-electron chi connectivity index (χ0n) is 10.3. The Morgan fingerprint density at radius 1 is 1.21 bits per heavy atom. The Morgan fingerprint density at radius 3 is 3.16 bits per heavy atom. The summed E-state index contributed by atoms with van der Waals surface area (Å²) in [6.45, 7) is 1.06. The number of benzene rings is 1. The van der Waals surface area contributed by atoms with Gasteiger partial charge in [0.05, 0.1) is 6.20 Å². The predicted octanol–water partition coefficient (Wildman–Crippen LogP) is 2.38. The van der Waals surface area contributed by atoms with Gasteiger partial charge in [0.1, 0.15) is 17.7 Å². The fourth-order valence-corrected chi connectivity index (χ4v) is 2.52. The Balaban J connectivity index is 1.83. The van der Waals surface area contributed by atoms with Crippen LogP contribution in [0.25, 0.3) is 22.6 Å². The number of nitrogens with zero attached hydrogens (tertiary/aromatic N) is 3. The van der Waals surface area contributed by atoms with Crippen molar-refractivity contribution in [2.45, 2.75) is 12.8 Å². The number of aryl methyl sites for hydroxylation is 1. The normalized spacial score (nSPS) is 14.1. The number of hydrogen-bond acceptors (Lipinski definition) is 4. The van der Waals surface area contributed by atoms with Crippen molar-refractivity contribution in [3.8, 4) is 11.4 Å². The Morgan fingerprint density at radius 2 is 2.21 bits per heavy atom. The van der Waals surface area contributed by atoms with Gasteiger partial charge in [0.2, 0.25) is 0 Å². The summed E-state index contributed by atoms with van der Waals surface area (Å²) in [6.07, 6.45) is 5.57. The Labute approximate surface area is 110 Å². The van der Waals surface area contributed by atoms with E-state index in [0.29, 0.717) is 5.65 Å². The molecule has 2 N–H and O–H groups in total. The zero-order chi connectivity index (χ0) is 12.7. The minimum absolute atomic E-state index is 0.709. The molecule has 0 amide bonds. The summed E-state index contributed by atoms with van der Waals surface area (Å²) in [5, 5.41) is 3.41. The highest BCUT2D eigenvalue weighted by Gasteiger charge is 2.11. The van der Waals surface area contributed by atoms with E-state index in [-0.39, 0.29) is 0 Å². The number of anilines is 1. The highest BCUT2D eigenvalue weighted by Crippen LogP contribution is 2.27. The molecule has 3 aromatic rings. The van der Waals surface area contributed by atoms with E-state index in [9.17, 15) is 0 Å². The van der Waals surface area contributed by atoms with Gasteiger partial charge in [-0.05, 0) is 36.6 Å². The number of aromatic nitrogens is 4. The molecule has 5 nitrogen and oxygen atoms in total. The Bertz CT molecular complexity index is 713. The molecular formula is C14H13N5. The van der Waals surface area contributed by atoms with E-state index in [1.54, 1.807) is 6.20 Å². The van der Waals surface area contributed by atoms with E-state index in [4.69, 9.17) is 0 Å². The number of aromatic amines is 1. The summed E-state index contributed by atoms with van der Waals surface area (Å²) in [6, 6.07) is 6.41. The number of fused-ring (bicyclic) bond motifs is 2. The van der Waals surface area contributed by atoms with Crippen molar-refractivity contribution < 1.29 is 0 Å². The summed E-state index contributed by atoms with van der Waals surface area (Å²) >= 11 is 0. The molecule has 3 heterocycles. The van der Waals surface area contributed by atoms with Crippen molar-refractivity contribution in [3.05, 3.63) is 36.3 Å². The average molecular weight is 251 g/mol. The highest BCUT2D eigenvalue weighted by molar-refractivity contribution is 5.75. The van der Waals surface area contributed by atoms with Crippen molar-refractivity contribution in [1.29, 1.82) is 0 Å². The molecule has 1 aliphatic rings. The highest BCUT2D eigenvalue weighted by atomic mass is 15.0. The lowest BCUT2D eigenvalue weighted by atomic mass is 10.0. The van der Waals surface area contributed by atoms with Crippen LogP contribution in [0.1, 0.15) is 12.0 Å². The first kappa shape index (κ1) is 10.5. The molecule has 0 fully saturated rings. The van der Waals surface area contributed by atoms with Crippen molar-refractivity contribution >= 4 is 16.9 Å². The molecule has 5 heteroatoms. The largest absolute Gasteiger partial charge is 0.385 e. The van der Waals surface area contributed by atoms with E-state index in [1.807, 2.05) is 0 Å². The topological polar surface area (TPSA) is 66.5 Å². The van der Waals surface area contributed by atoms with Crippen molar-refractivity contribution in [1.82, 2.24) is 19.9 Å². The number of H-pyrrole nitrogens is 1. The van der Waals surface area contributed by atoms with E-state index >= 15 is 0 Å². The second-order valence-corrected chi connectivity index (χ2v) is 4.75. The van der Waals surface area contributed by atoms with Gasteiger partial charge in [0.25, 0.3) is 0 Å². The van der Waals surface area contributed by atoms with E-state index in [0.717, 1.165) is 29.9 Å². The van der Waals surface area contributed by atoms with E-state index in [2.05, 4.69) is 43.5 Å². The third kappa shape index (κ3) is 1.74. The standard InChI is InChI=1S/C14H13N5/c1-2-9-6-10(3-4-11(9)16-5-1)13-18-12-7-15-8-17-14(12)19-13/h3-4,6-8,16H,1-2,5H2,(H,15,17,18,19). The van der Waals surface area contributed by atoms with Gasteiger partial charge in [0.15, 0.2) is 5.65 Å². The SMILES string of the molecule is c1ncc2[nH]c(-c3ccc4c(c3)CCCN4)nc2n1. The molecule has 0 aliphatic carbocycles. The zero-order valence-corrected chi connectivity index (χ0v) is 10.3. The molecule has 2 aromatic heterocycles. The van der Waals surface area contributed by atoms with E-state index < -0.39 is 0 Å². The first-order valence-electron chi connectivity index (χ1n) is 6.43. The lowest BCUT2D eigenvalue weighted by molar-refractivity contribution is 0.830. The molecule has 0 saturated carbocycles. The maximum Gasteiger partial charge on any atom is 0.181 e. The fourth-order valence-electron chi connectivity index (χ4n) is 2.52. The van der Waals surface area contributed by atoms with Crippen molar-refractivity contribution in [2.75, 3.05) is 11.9 Å². The van der Waals surface area contributed by atoms with Crippen LogP contribution in [0.2, 0.25) is 0 Å². The quantitative estimate of drug-likeness (QED) is 0.697. The molecule has 1 aromatic carbocycles. The van der Waals surface area contributed by atoms with Crippen molar-refractivity contribution in [2.24, 2.45) is 0 Å². The molecule has 19 heavy (non-hydrogen) atoms. The summed E-state index contributed by atoms with van der Waals surface area (Å²) < 4.78 is 0. The molecule has 1 aliphatic heterocycles. The minimum atomic E-state index is 0.709. The number of nitrogens with one attached hydrogen (secondary N) is 2. The maximum atomic E-state index is 4.50. The summed E-state index contributed by atoms with van der Waals surface area (Å²) in [5.41, 5.74) is 5.27. The van der Waals surface area contributed by atoms with Gasteiger partial charge >= 0.3 is 0 Å². The van der Waals surface area contributed by atoms with Crippen LogP contribution in [0.5, 0.6) is 0 Å². The molecule has 0 saturated heterocycles. The first-order chi connectivity index (χ1) is 9.40. The third-order valence-electron chi connectivity index (χ3n) is 3.48. The van der Waals surface area contributed by atoms with Crippen LogP contribution in [-0.2, 0) is 6.42 Å². The Hall–Kier alpha value is -2.43. The predicted molar refractivity (Wildman–Crippen MR) is 73.9 cm³/mol. The molecule has 0 unspecified atom stereocenters. The average Bonchev–Trinajstić information content (AvgIpc) is 2.90. The molecule has 0 atom stereocenters. The monoisotopic (exact) mass is 251 g/mol. The van der Waals surface area contributed by atoms with Gasteiger partial charge in [0, 0.05) is 17.8 Å². The fraction of sp³-hybridized carbons (Fsp3) is 0.214. The lowest BCUT2D eigenvalue weighted by Crippen LogP contribution is -2.11. The van der Waals surface area contributed by atoms with Crippen LogP contribution >= 0.6 is 0 Å². The van der Waals surface area contributed by atoms with Crippen LogP contribution in [0.15, 0.2) is 30.7 Å². The molecule has 0 bridgehead atoms. The van der Waals surface area contributed by atoms with E-state index in [1.165, 1.54) is 24.0 Å². The number of hydrogen-bond donors (Lipinski definition) is 2. The van der Waals surface area contributed by atoms with Gasteiger partial charge in [-0.1, -0.05) is 0 Å². The van der Waals surface area contributed by atoms with Crippen LogP contribution in [0, 0.1) is 0 Å². The smallest absolute Gasteiger partial charge is 0.181 e. The first-order valence-corrected chi connectivity index (χ1v) is 6.43. The molecule has 0 radical (unpaired) electrons. The van der Waals surface area contributed by atoms with Gasteiger partial charge in [-0.15, -0.1) is 0 Å². The summed E-state index contributed by atoms with van der Waals surface area (Å²) in [4.78, 5) is 15.9. The van der Waals surface area contributed by atoms with Gasteiger partial charge in [-0.3, -0.25) is 0 Å². The molecule has 0 spiro atoms. The maximum absolute atomic E-state index is 4.50. The van der Waals surface area contributed by atoms with Crippen LogP contribution in [0.3, 0.4) is 0 Å². The second kappa shape index (κ2) is 4.05. The molecule has 94 valence electrons. The lowest BCUT2D eigenvalue weighted by Gasteiger charge is -2.18. The van der Waals surface area contributed by atoms with Crippen LogP contribution in [-0.4, -0.2) is 26.5 Å². The molecular weight excluding hydrogens is 238 g/mol.